The van der Waals surface area contributed by atoms with Gasteiger partial charge in [0.25, 0.3) is 0 Å². The molecule has 0 radical (unpaired) electrons. The topological polar surface area (TPSA) is 38.5 Å². The number of ether oxygens (including phenoxy) is 1. The summed E-state index contributed by atoms with van der Waals surface area (Å²) in [5.41, 5.74) is 7.58. The van der Waals surface area contributed by atoms with Crippen molar-refractivity contribution in [2.24, 2.45) is 5.73 Å². The molecule has 2 atom stereocenters. The molecule has 0 aliphatic heterocycles. The molecule has 1 rings (SSSR count). The average Bonchev–Trinajstić information content (AvgIpc) is 2.39. The molecule has 2 unspecified atom stereocenters. The van der Waals surface area contributed by atoms with Crippen LogP contribution in [0.3, 0.4) is 0 Å². The van der Waals surface area contributed by atoms with Crippen LogP contribution in [-0.2, 0) is 4.74 Å². The maximum Gasteiger partial charge on any atom is 0.0496 e. The van der Waals surface area contributed by atoms with Crippen LogP contribution < -0.4 is 5.73 Å². The molecule has 0 spiro atoms. The number of hydrogen-bond acceptors (Lipinski definition) is 3. The molecule has 3 nitrogen and oxygen atoms in total. The molecule has 0 fully saturated rings. The van der Waals surface area contributed by atoms with Crippen LogP contribution in [0.25, 0.3) is 0 Å². The zero-order valence-electron chi connectivity index (χ0n) is 12.1. The molecule has 0 bridgehead atoms. The molecular formula is C15H25BrN2O. The lowest BCUT2D eigenvalue weighted by molar-refractivity contribution is 0.155. The van der Waals surface area contributed by atoms with Gasteiger partial charge in [0.2, 0.25) is 0 Å². The molecule has 0 saturated heterocycles. The Kier molecular flexibility index (Phi) is 7.61. The highest BCUT2D eigenvalue weighted by Gasteiger charge is 2.22. The Morgan fingerprint density at radius 2 is 2.16 bits per heavy atom. The molecule has 0 aromatic heterocycles. The van der Waals surface area contributed by atoms with Crippen LogP contribution >= 0.6 is 15.9 Å². The van der Waals surface area contributed by atoms with Crippen LogP contribution in [0, 0.1) is 0 Å². The molecule has 0 saturated carbocycles. The van der Waals surface area contributed by atoms with E-state index in [0.717, 1.165) is 30.5 Å². The van der Waals surface area contributed by atoms with Crippen molar-refractivity contribution >= 4 is 15.9 Å². The summed E-state index contributed by atoms with van der Waals surface area (Å²) in [6.07, 6.45) is 1.99. The fourth-order valence-corrected chi connectivity index (χ4v) is 2.76. The van der Waals surface area contributed by atoms with Crippen molar-refractivity contribution in [3.8, 4) is 0 Å². The number of methoxy groups -OCH3 is 1. The number of nitrogens with zero attached hydrogens (tertiary/aromatic N) is 1. The van der Waals surface area contributed by atoms with Gasteiger partial charge in [-0.25, -0.2) is 0 Å². The number of halogens is 1. The first kappa shape index (κ1) is 16.6. The summed E-state index contributed by atoms with van der Waals surface area (Å²) in [6.45, 7) is 3.91. The van der Waals surface area contributed by atoms with Gasteiger partial charge in [-0.15, -0.1) is 0 Å². The highest BCUT2D eigenvalue weighted by Crippen LogP contribution is 2.26. The van der Waals surface area contributed by atoms with Gasteiger partial charge in [-0.1, -0.05) is 35.0 Å². The molecule has 0 heterocycles. The Balaban J connectivity index is 2.82. The fourth-order valence-electron chi connectivity index (χ4n) is 2.34. The van der Waals surface area contributed by atoms with Gasteiger partial charge in [-0.05, 0) is 37.6 Å². The van der Waals surface area contributed by atoms with Crippen molar-refractivity contribution in [2.75, 3.05) is 27.3 Å². The zero-order valence-corrected chi connectivity index (χ0v) is 13.7. The molecule has 108 valence electrons. The van der Waals surface area contributed by atoms with E-state index >= 15 is 0 Å². The second-order valence-corrected chi connectivity index (χ2v) is 5.81. The Morgan fingerprint density at radius 3 is 2.74 bits per heavy atom. The third-order valence-electron chi connectivity index (χ3n) is 3.40. The van der Waals surface area contributed by atoms with Gasteiger partial charge >= 0.3 is 0 Å². The minimum atomic E-state index is 0.141. The lowest BCUT2D eigenvalue weighted by Gasteiger charge is -2.33. The number of hydrogen-bond donors (Lipinski definition) is 1. The Bertz CT molecular complexity index is 373. The van der Waals surface area contributed by atoms with Crippen molar-refractivity contribution in [1.29, 1.82) is 0 Å². The SMILES string of the molecule is CCC(N)C(c1cccc(Br)c1)N(C)CCCOC. The highest BCUT2D eigenvalue weighted by molar-refractivity contribution is 9.10. The molecule has 0 amide bonds. The van der Waals surface area contributed by atoms with Crippen molar-refractivity contribution in [3.05, 3.63) is 34.3 Å². The standard InChI is InChI=1S/C15H25BrN2O/c1-4-14(17)15(18(2)9-6-10-19-3)12-7-5-8-13(16)11-12/h5,7-8,11,14-15H,4,6,9-10,17H2,1-3H3. The summed E-state index contributed by atoms with van der Waals surface area (Å²) in [4.78, 5) is 2.33. The van der Waals surface area contributed by atoms with Crippen molar-refractivity contribution in [1.82, 2.24) is 4.90 Å². The second kappa shape index (κ2) is 8.69. The Morgan fingerprint density at radius 1 is 1.42 bits per heavy atom. The van der Waals surface area contributed by atoms with E-state index in [0.29, 0.717) is 0 Å². The van der Waals surface area contributed by atoms with Crippen molar-refractivity contribution in [2.45, 2.75) is 31.8 Å². The number of rotatable bonds is 8. The number of benzene rings is 1. The van der Waals surface area contributed by atoms with Crippen LogP contribution in [0.2, 0.25) is 0 Å². The van der Waals surface area contributed by atoms with E-state index in [1.807, 2.05) is 6.07 Å². The van der Waals surface area contributed by atoms with E-state index in [9.17, 15) is 0 Å². The molecule has 19 heavy (non-hydrogen) atoms. The number of nitrogens with two attached hydrogens (primary N) is 1. The molecular weight excluding hydrogens is 304 g/mol. The maximum absolute atomic E-state index is 6.32. The Labute approximate surface area is 125 Å². The van der Waals surface area contributed by atoms with Gasteiger partial charge in [-0.2, -0.15) is 0 Å². The lowest BCUT2D eigenvalue weighted by atomic mass is 9.96. The first-order valence-corrected chi connectivity index (χ1v) is 7.59. The maximum atomic E-state index is 6.32. The first-order valence-electron chi connectivity index (χ1n) is 6.80. The van der Waals surface area contributed by atoms with Gasteiger partial charge in [0, 0.05) is 36.8 Å². The molecule has 0 aliphatic carbocycles. The van der Waals surface area contributed by atoms with Crippen molar-refractivity contribution < 1.29 is 4.74 Å². The normalized spacial score (nSPS) is 14.6. The summed E-state index contributed by atoms with van der Waals surface area (Å²) in [5.74, 6) is 0. The average molecular weight is 329 g/mol. The van der Waals surface area contributed by atoms with E-state index in [2.05, 4.69) is 53.0 Å². The van der Waals surface area contributed by atoms with Crippen LogP contribution in [-0.4, -0.2) is 38.3 Å². The molecule has 1 aromatic carbocycles. The summed E-state index contributed by atoms with van der Waals surface area (Å²) in [5, 5.41) is 0. The quantitative estimate of drug-likeness (QED) is 0.745. The molecule has 0 aliphatic rings. The third kappa shape index (κ3) is 5.22. The Hall–Kier alpha value is -0.420. The van der Waals surface area contributed by atoms with Gasteiger partial charge in [0.15, 0.2) is 0 Å². The minimum Gasteiger partial charge on any atom is -0.385 e. The van der Waals surface area contributed by atoms with Gasteiger partial charge < -0.3 is 10.5 Å². The van der Waals surface area contributed by atoms with E-state index in [1.165, 1.54) is 5.56 Å². The van der Waals surface area contributed by atoms with E-state index in [4.69, 9.17) is 10.5 Å². The van der Waals surface area contributed by atoms with Crippen LogP contribution in [0.5, 0.6) is 0 Å². The largest absolute Gasteiger partial charge is 0.385 e. The monoisotopic (exact) mass is 328 g/mol. The summed E-state index contributed by atoms with van der Waals surface area (Å²) < 4.78 is 6.22. The highest BCUT2D eigenvalue weighted by atomic mass is 79.9. The zero-order chi connectivity index (χ0) is 14.3. The van der Waals surface area contributed by atoms with Crippen LogP contribution in [0.1, 0.15) is 31.4 Å². The molecule has 1 aromatic rings. The summed E-state index contributed by atoms with van der Waals surface area (Å²) in [7, 11) is 3.88. The smallest absolute Gasteiger partial charge is 0.0496 e. The van der Waals surface area contributed by atoms with Gasteiger partial charge in [-0.3, -0.25) is 4.90 Å². The van der Waals surface area contributed by atoms with Gasteiger partial charge in [0.1, 0.15) is 0 Å². The van der Waals surface area contributed by atoms with Crippen molar-refractivity contribution in [3.63, 3.8) is 0 Å². The minimum absolute atomic E-state index is 0.141. The second-order valence-electron chi connectivity index (χ2n) is 4.90. The predicted molar refractivity (Wildman–Crippen MR) is 84.3 cm³/mol. The van der Waals surface area contributed by atoms with Gasteiger partial charge in [0.05, 0.1) is 0 Å². The summed E-state index contributed by atoms with van der Waals surface area (Å²) >= 11 is 3.54. The third-order valence-corrected chi connectivity index (χ3v) is 3.89. The molecule has 2 N–H and O–H groups in total. The van der Waals surface area contributed by atoms with E-state index in [-0.39, 0.29) is 12.1 Å². The van der Waals surface area contributed by atoms with Crippen LogP contribution in [0.15, 0.2) is 28.7 Å². The fraction of sp³-hybridized carbons (Fsp3) is 0.600. The van der Waals surface area contributed by atoms with E-state index < -0.39 is 0 Å². The lowest BCUT2D eigenvalue weighted by Crippen LogP contribution is -2.39. The number of likely N-dealkylation sites (N-methyl/N-ethyl adjacent to an activating group) is 1. The summed E-state index contributed by atoms with van der Waals surface area (Å²) in [6, 6.07) is 8.81. The first-order chi connectivity index (χ1) is 9.10. The predicted octanol–water partition coefficient (Wildman–Crippen LogP) is 3.20. The van der Waals surface area contributed by atoms with Crippen LogP contribution in [0.4, 0.5) is 0 Å². The van der Waals surface area contributed by atoms with E-state index in [1.54, 1.807) is 7.11 Å². The molecule has 4 heteroatoms.